The number of aromatic amines is 1. The van der Waals surface area contributed by atoms with Gasteiger partial charge in [-0.25, -0.2) is 0 Å². The van der Waals surface area contributed by atoms with Crippen LogP contribution in [-0.4, -0.2) is 16.7 Å². The zero-order chi connectivity index (χ0) is 16.4. The van der Waals surface area contributed by atoms with Crippen molar-refractivity contribution < 1.29 is 4.74 Å². The van der Waals surface area contributed by atoms with E-state index in [4.69, 9.17) is 4.74 Å². The van der Waals surface area contributed by atoms with Crippen LogP contribution in [0.3, 0.4) is 0 Å². The summed E-state index contributed by atoms with van der Waals surface area (Å²) in [6.07, 6.45) is 3.94. The average Bonchev–Trinajstić information content (AvgIpc) is 2.58. The third-order valence-electron chi connectivity index (χ3n) is 3.99. The Morgan fingerprint density at radius 1 is 1.13 bits per heavy atom. The van der Waals surface area contributed by atoms with E-state index in [-0.39, 0.29) is 11.0 Å². The molecular weight excluding hydrogens is 292 g/mol. The van der Waals surface area contributed by atoms with E-state index in [1.165, 1.54) is 0 Å². The molecule has 1 aromatic carbocycles. The molecular formula is C18H18N2O3. The number of H-pyrrole nitrogens is 1. The second-order valence-corrected chi connectivity index (χ2v) is 5.38. The van der Waals surface area contributed by atoms with Gasteiger partial charge in [0, 0.05) is 18.0 Å². The number of rotatable bonds is 4. The highest BCUT2D eigenvalue weighted by Gasteiger charge is 2.09. The van der Waals surface area contributed by atoms with Crippen LogP contribution < -0.4 is 15.7 Å². The molecule has 3 rings (SSSR count). The van der Waals surface area contributed by atoms with Gasteiger partial charge in [0.25, 0.3) is 5.56 Å². The van der Waals surface area contributed by atoms with Gasteiger partial charge in [-0.1, -0.05) is 19.1 Å². The number of hydrogen-bond donors (Lipinski definition) is 1. The minimum Gasteiger partial charge on any atom is -0.497 e. The number of hydrogen-bond acceptors (Lipinski definition) is 3. The molecule has 0 amide bonds. The zero-order valence-electron chi connectivity index (χ0n) is 13.1. The van der Waals surface area contributed by atoms with Crippen LogP contribution >= 0.6 is 0 Å². The number of ether oxygens (including phenoxy) is 1. The van der Waals surface area contributed by atoms with Crippen molar-refractivity contribution in [1.29, 1.82) is 0 Å². The van der Waals surface area contributed by atoms with Gasteiger partial charge in [-0.2, -0.15) is 0 Å². The van der Waals surface area contributed by atoms with Crippen molar-refractivity contribution >= 4 is 10.9 Å². The summed E-state index contributed by atoms with van der Waals surface area (Å²) in [5.74, 6) is 0.774. The number of nitrogens with zero attached hydrogens (tertiary/aromatic N) is 1. The van der Waals surface area contributed by atoms with Crippen LogP contribution in [0.15, 0.2) is 52.3 Å². The van der Waals surface area contributed by atoms with Gasteiger partial charge in [0.1, 0.15) is 11.3 Å². The Morgan fingerprint density at radius 2 is 1.87 bits per heavy atom. The molecule has 2 aromatic heterocycles. The van der Waals surface area contributed by atoms with Crippen LogP contribution in [0.4, 0.5) is 0 Å². The highest BCUT2D eigenvalue weighted by atomic mass is 16.5. The number of nitrogens with one attached hydrogen (secondary N) is 1. The maximum atomic E-state index is 12.6. The van der Waals surface area contributed by atoms with Gasteiger partial charge < -0.3 is 14.3 Å². The molecule has 0 aliphatic heterocycles. The van der Waals surface area contributed by atoms with E-state index in [1.807, 2.05) is 31.2 Å². The topological polar surface area (TPSA) is 64.1 Å². The maximum absolute atomic E-state index is 12.6. The monoisotopic (exact) mass is 310 g/mol. The largest absolute Gasteiger partial charge is 0.497 e. The molecule has 0 fully saturated rings. The Morgan fingerprint density at radius 3 is 2.52 bits per heavy atom. The van der Waals surface area contributed by atoms with Gasteiger partial charge in [0.15, 0.2) is 5.43 Å². The van der Waals surface area contributed by atoms with Gasteiger partial charge >= 0.3 is 0 Å². The van der Waals surface area contributed by atoms with Crippen molar-refractivity contribution in [1.82, 2.24) is 9.55 Å². The lowest BCUT2D eigenvalue weighted by molar-refractivity contribution is 0.414. The molecule has 118 valence electrons. The van der Waals surface area contributed by atoms with Crippen molar-refractivity contribution in [3.8, 4) is 5.75 Å². The number of fused-ring (bicyclic) bond motifs is 1. The van der Waals surface area contributed by atoms with Crippen LogP contribution in [0, 0.1) is 0 Å². The van der Waals surface area contributed by atoms with Gasteiger partial charge in [-0.05, 0) is 30.2 Å². The summed E-state index contributed by atoms with van der Waals surface area (Å²) in [6.45, 7) is 2.36. The molecule has 5 heteroatoms. The normalized spacial score (nSPS) is 10.9. The van der Waals surface area contributed by atoms with Crippen molar-refractivity contribution in [2.24, 2.45) is 0 Å². The number of aryl methyl sites for hydroxylation is 1. The molecule has 0 aliphatic carbocycles. The number of aromatic nitrogens is 2. The van der Waals surface area contributed by atoms with Crippen molar-refractivity contribution in [2.45, 2.75) is 19.9 Å². The third-order valence-corrected chi connectivity index (χ3v) is 3.99. The van der Waals surface area contributed by atoms with Crippen LogP contribution in [0.2, 0.25) is 0 Å². The van der Waals surface area contributed by atoms with Crippen LogP contribution in [-0.2, 0) is 13.0 Å². The molecule has 0 atom stereocenters. The minimum atomic E-state index is -0.196. The first-order chi connectivity index (χ1) is 11.1. The first-order valence-corrected chi connectivity index (χ1v) is 7.50. The highest BCUT2D eigenvalue weighted by molar-refractivity contribution is 5.77. The Hall–Kier alpha value is -2.82. The van der Waals surface area contributed by atoms with E-state index >= 15 is 0 Å². The summed E-state index contributed by atoms with van der Waals surface area (Å²) in [5, 5.41) is 0.445. The van der Waals surface area contributed by atoms with Crippen molar-refractivity contribution in [3.05, 3.63) is 74.4 Å². The van der Waals surface area contributed by atoms with E-state index in [0.29, 0.717) is 29.4 Å². The third kappa shape index (κ3) is 2.77. The second-order valence-electron chi connectivity index (χ2n) is 5.38. The fourth-order valence-electron chi connectivity index (χ4n) is 2.62. The average molecular weight is 310 g/mol. The molecule has 0 spiro atoms. The predicted octanol–water partition coefficient (Wildman–Crippen LogP) is 2.31. The standard InChI is InChI=1S/C18H18N2O3/c1-3-13-10-19-16-15(17(13)21)8-9-20(18(16)22)11-12-4-6-14(23-2)7-5-12/h4-10H,3,11H2,1-2H3,(H,19,21). The Labute approximate surface area is 133 Å². The van der Waals surface area contributed by atoms with E-state index in [0.717, 1.165) is 11.3 Å². The van der Waals surface area contributed by atoms with E-state index in [2.05, 4.69) is 4.98 Å². The molecule has 0 bridgehead atoms. The lowest BCUT2D eigenvalue weighted by Gasteiger charge is -2.08. The Balaban J connectivity index is 2.03. The fraction of sp³-hybridized carbons (Fsp3) is 0.222. The first-order valence-electron chi connectivity index (χ1n) is 7.50. The smallest absolute Gasteiger partial charge is 0.275 e. The summed E-state index contributed by atoms with van der Waals surface area (Å²) in [7, 11) is 1.61. The SMILES string of the molecule is CCc1c[nH]c2c(=O)n(Cc3ccc(OC)cc3)ccc2c1=O. The van der Waals surface area contributed by atoms with Crippen LogP contribution in [0.5, 0.6) is 5.75 Å². The number of pyridine rings is 2. The summed E-state index contributed by atoms with van der Waals surface area (Å²) in [5.41, 5.74) is 1.75. The lowest BCUT2D eigenvalue weighted by atomic mass is 10.1. The fourth-order valence-corrected chi connectivity index (χ4v) is 2.62. The number of benzene rings is 1. The zero-order valence-corrected chi connectivity index (χ0v) is 13.1. The summed E-state index contributed by atoms with van der Waals surface area (Å²) in [4.78, 5) is 27.8. The molecule has 3 aromatic rings. The summed E-state index contributed by atoms with van der Waals surface area (Å²) < 4.78 is 6.72. The van der Waals surface area contributed by atoms with Crippen molar-refractivity contribution in [3.63, 3.8) is 0 Å². The van der Waals surface area contributed by atoms with Crippen molar-refractivity contribution in [2.75, 3.05) is 7.11 Å². The Kier molecular flexibility index (Phi) is 4.02. The van der Waals surface area contributed by atoms with Gasteiger partial charge in [-0.3, -0.25) is 9.59 Å². The molecule has 1 N–H and O–H groups in total. The summed E-state index contributed by atoms with van der Waals surface area (Å²) >= 11 is 0. The second kappa shape index (κ2) is 6.12. The molecule has 2 heterocycles. The molecule has 0 saturated heterocycles. The molecule has 0 unspecified atom stereocenters. The van der Waals surface area contributed by atoms with Crippen LogP contribution in [0.1, 0.15) is 18.1 Å². The quantitative estimate of drug-likeness (QED) is 0.804. The summed E-state index contributed by atoms with van der Waals surface area (Å²) in [6, 6.07) is 9.25. The number of methoxy groups -OCH3 is 1. The highest BCUT2D eigenvalue weighted by Crippen LogP contribution is 2.12. The van der Waals surface area contributed by atoms with Gasteiger partial charge in [0.2, 0.25) is 0 Å². The minimum absolute atomic E-state index is 0.0741. The molecule has 0 radical (unpaired) electrons. The predicted molar refractivity (Wildman–Crippen MR) is 90.3 cm³/mol. The molecule has 23 heavy (non-hydrogen) atoms. The van der Waals surface area contributed by atoms with Gasteiger partial charge in [-0.15, -0.1) is 0 Å². The van der Waals surface area contributed by atoms with Crippen LogP contribution in [0.25, 0.3) is 10.9 Å². The van der Waals surface area contributed by atoms with E-state index in [9.17, 15) is 9.59 Å². The lowest BCUT2D eigenvalue weighted by Crippen LogP contribution is -2.23. The molecule has 5 nitrogen and oxygen atoms in total. The molecule has 0 saturated carbocycles. The maximum Gasteiger partial charge on any atom is 0.275 e. The molecule has 0 aliphatic rings. The Bertz CT molecular complexity index is 953. The van der Waals surface area contributed by atoms with E-state index in [1.54, 1.807) is 30.1 Å². The van der Waals surface area contributed by atoms with Gasteiger partial charge in [0.05, 0.1) is 19.0 Å². The van der Waals surface area contributed by atoms with E-state index < -0.39 is 0 Å². The first kappa shape index (κ1) is 15.1.